The lowest BCUT2D eigenvalue weighted by Crippen LogP contribution is -2.02. The summed E-state index contributed by atoms with van der Waals surface area (Å²) < 4.78 is 6.03. The number of hydrogen-bond donors (Lipinski definition) is 2. The number of rotatable bonds is 0. The Hall–Kier alpha value is -2.94. The molecule has 0 amide bonds. The largest absolute Gasteiger partial charge is 0.453 e. The molecule has 114 valence electrons. The molecule has 0 aliphatic carbocycles. The predicted octanol–water partition coefficient (Wildman–Crippen LogP) is 6.20. The van der Waals surface area contributed by atoms with E-state index in [4.69, 9.17) is 4.74 Å². The third kappa shape index (κ3) is 2.13. The predicted molar refractivity (Wildman–Crippen MR) is 97.0 cm³/mol. The maximum atomic E-state index is 6.03. The lowest BCUT2D eigenvalue weighted by atomic mass is 10.1. The third-order valence-electron chi connectivity index (χ3n) is 3.98. The van der Waals surface area contributed by atoms with Crippen LogP contribution in [0.15, 0.2) is 60.7 Å². The van der Waals surface area contributed by atoms with Crippen LogP contribution in [-0.2, 0) is 0 Å². The standard InChI is InChI=1S/C18H12N2O.C2H6/c1-2-6-13-11(5-1)12-9-18-16(10-15(12)19-13)20-14-7-3-4-8-17(14)21-18;1-2/h1-10,19-20H;1-2H3. The van der Waals surface area contributed by atoms with Gasteiger partial charge in [-0.1, -0.05) is 44.2 Å². The number of hydrogen-bond acceptors (Lipinski definition) is 2. The van der Waals surface area contributed by atoms with Crippen LogP contribution < -0.4 is 10.1 Å². The van der Waals surface area contributed by atoms with E-state index in [2.05, 4.69) is 40.6 Å². The molecule has 0 radical (unpaired) electrons. The molecule has 0 unspecified atom stereocenters. The van der Waals surface area contributed by atoms with Crippen molar-refractivity contribution in [1.82, 2.24) is 4.98 Å². The van der Waals surface area contributed by atoms with Gasteiger partial charge in [0.1, 0.15) is 0 Å². The normalized spacial score (nSPS) is 11.7. The van der Waals surface area contributed by atoms with E-state index in [-0.39, 0.29) is 0 Å². The molecular weight excluding hydrogens is 284 g/mol. The second-order valence-corrected chi connectivity index (χ2v) is 5.29. The quantitative estimate of drug-likeness (QED) is 0.357. The van der Waals surface area contributed by atoms with Crippen molar-refractivity contribution in [2.24, 2.45) is 0 Å². The first-order valence-electron chi connectivity index (χ1n) is 7.97. The van der Waals surface area contributed by atoms with Crippen LogP contribution in [0.5, 0.6) is 11.5 Å². The summed E-state index contributed by atoms with van der Waals surface area (Å²) in [6.45, 7) is 4.00. The number of aromatic amines is 1. The second kappa shape index (κ2) is 5.36. The number of para-hydroxylation sites is 3. The van der Waals surface area contributed by atoms with Crippen LogP contribution in [0, 0.1) is 0 Å². The van der Waals surface area contributed by atoms with E-state index >= 15 is 0 Å². The van der Waals surface area contributed by atoms with Gasteiger partial charge in [0, 0.05) is 21.8 Å². The molecular formula is C20H18N2O. The minimum absolute atomic E-state index is 0.865. The summed E-state index contributed by atoms with van der Waals surface area (Å²) in [5, 5.41) is 5.84. The van der Waals surface area contributed by atoms with Gasteiger partial charge in [0.05, 0.1) is 11.4 Å². The van der Waals surface area contributed by atoms with E-state index in [9.17, 15) is 0 Å². The molecule has 3 nitrogen and oxygen atoms in total. The van der Waals surface area contributed by atoms with Crippen LogP contribution in [0.2, 0.25) is 0 Å². The molecule has 0 fully saturated rings. The van der Waals surface area contributed by atoms with Gasteiger partial charge < -0.3 is 15.0 Å². The monoisotopic (exact) mass is 302 g/mol. The number of nitrogens with one attached hydrogen (secondary N) is 2. The van der Waals surface area contributed by atoms with Gasteiger partial charge in [-0.05, 0) is 30.3 Å². The maximum Gasteiger partial charge on any atom is 0.151 e. The van der Waals surface area contributed by atoms with Crippen LogP contribution in [0.4, 0.5) is 11.4 Å². The van der Waals surface area contributed by atoms with Crippen molar-refractivity contribution < 1.29 is 4.74 Å². The molecule has 2 N–H and O–H groups in total. The number of ether oxygens (including phenoxy) is 1. The van der Waals surface area contributed by atoms with Gasteiger partial charge in [-0.3, -0.25) is 0 Å². The molecule has 2 heterocycles. The van der Waals surface area contributed by atoms with E-state index in [1.165, 1.54) is 10.8 Å². The molecule has 3 aromatic carbocycles. The first-order chi connectivity index (χ1) is 11.4. The Balaban J connectivity index is 0.000000652. The van der Waals surface area contributed by atoms with Crippen LogP contribution in [-0.4, -0.2) is 4.98 Å². The summed E-state index contributed by atoms with van der Waals surface area (Å²) in [5.74, 6) is 1.73. The van der Waals surface area contributed by atoms with Gasteiger partial charge in [-0.15, -0.1) is 0 Å². The zero-order valence-electron chi connectivity index (χ0n) is 13.2. The average Bonchev–Trinajstić information content (AvgIpc) is 2.97. The summed E-state index contributed by atoms with van der Waals surface area (Å²) in [6, 6.07) is 20.5. The SMILES string of the molecule is CC.c1ccc2c(c1)Nc1cc3[nH]c4ccccc4c3cc1O2. The van der Waals surface area contributed by atoms with Crippen LogP contribution in [0.3, 0.4) is 0 Å². The van der Waals surface area contributed by atoms with E-state index < -0.39 is 0 Å². The van der Waals surface area contributed by atoms with E-state index in [1.54, 1.807) is 0 Å². The highest BCUT2D eigenvalue weighted by atomic mass is 16.5. The highest BCUT2D eigenvalue weighted by Gasteiger charge is 2.17. The van der Waals surface area contributed by atoms with Gasteiger partial charge in [0.15, 0.2) is 11.5 Å². The van der Waals surface area contributed by atoms with Crippen LogP contribution in [0.1, 0.15) is 13.8 Å². The Morgan fingerprint density at radius 1 is 0.696 bits per heavy atom. The molecule has 23 heavy (non-hydrogen) atoms. The summed E-state index contributed by atoms with van der Waals surface area (Å²) in [7, 11) is 0. The van der Waals surface area contributed by atoms with Crippen molar-refractivity contribution in [1.29, 1.82) is 0 Å². The zero-order chi connectivity index (χ0) is 15.8. The molecule has 1 aliphatic rings. The van der Waals surface area contributed by atoms with Crippen LogP contribution >= 0.6 is 0 Å². The highest BCUT2D eigenvalue weighted by molar-refractivity contribution is 6.09. The summed E-state index contributed by atoms with van der Waals surface area (Å²) in [6.07, 6.45) is 0. The Labute approximate surface area is 134 Å². The van der Waals surface area contributed by atoms with Crippen molar-refractivity contribution in [3.8, 4) is 11.5 Å². The topological polar surface area (TPSA) is 37.0 Å². The number of benzene rings is 3. The fourth-order valence-corrected chi connectivity index (χ4v) is 2.98. The van der Waals surface area contributed by atoms with Gasteiger partial charge in [0.2, 0.25) is 0 Å². The Morgan fingerprint density at radius 2 is 1.48 bits per heavy atom. The van der Waals surface area contributed by atoms with Crippen molar-refractivity contribution in [2.45, 2.75) is 13.8 Å². The molecule has 0 saturated carbocycles. The highest BCUT2D eigenvalue weighted by Crippen LogP contribution is 2.44. The maximum absolute atomic E-state index is 6.03. The minimum Gasteiger partial charge on any atom is -0.453 e. The van der Waals surface area contributed by atoms with Crippen LogP contribution in [0.25, 0.3) is 21.8 Å². The summed E-state index contributed by atoms with van der Waals surface area (Å²) >= 11 is 0. The van der Waals surface area contributed by atoms with Crippen molar-refractivity contribution in [3.63, 3.8) is 0 Å². The van der Waals surface area contributed by atoms with Crippen molar-refractivity contribution in [2.75, 3.05) is 5.32 Å². The Kier molecular flexibility index (Phi) is 3.19. The molecule has 3 heteroatoms. The number of H-pyrrole nitrogens is 1. The minimum atomic E-state index is 0.865. The number of fused-ring (bicyclic) bond motifs is 5. The lowest BCUT2D eigenvalue weighted by Gasteiger charge is -2.21. The smallest absolute Gasteiger partial charge is 0.151 e. The number of aromatic nitrogens is 1. The molecule has 0 bridgehead atoms. The fraction of sp³-hybridized carbons (Fsp3) is 0.100. The van der Waals surface area contributed by atoms with Gasteiger partial charge >= 0.3 is 0 Å². The Morgan fingerprint density at radius 3 is 2.39 bits per heavy atom. The molecule has 5 rings (SSSR count). The lowest BCUT2D eigenvalue weighted by molar-refractivity contribution is 0.482. The summed E-state index contributed by atoms with van der Waals surface area (Å²) in [4.78, 5) is 3.46. The van der Waals surface area contributed by atoms with Gasteiger partial charge in [-0.2, -0.15) is 0 Å². The molecule has 0 saturated heterocycles. The molecule has 0 atom stereocenters. The van der Waals surface area contributed by atoms with E-state index in [0.717, 1.165) is 33.9 Å². The fourth-order valence-electron chi connectivity index (χ4n) is 2.98. The average molecular weight is 302 g/mol. The van der Waals surface area contributed by atoms with Gasteiger partial charge in [-0.25, -0.2) is 0 Å². The summed E-state index contributed by atoms with van der Waals surface area (Å²) in [5.41, 5.74) is 4.26. The van der Waals surface area contributed by atoms with Crippen molar-refractivity contribution >= 4 is 33.2 Å². The van der Waals surface area contributed by atoms with Crippen molar-refractivity contribution in [3.05, 3.63) is 60.7 Å². The molecule has 1 aliphatic heterocycles. The first kappa shape index (κ1) is 13.7. The molecule has 1 aromatic heterocycles. The number of anilines is 2. The molecule has 0 spiro atoms. The second-order valence-electron chi connectivity index (χ2n) is 5.29. The Bertz CT molecular complexity index is 1000. The molecule has 4 aromatic rings. The zero-order valence-corrected chi connectivity index (χ0v) is 13.2. The van der Waals surface area contributed by atoms with E-state index in [1.807, 2.05) is 44.2 Å². The van der Waals surface area contributed by atoms with E-state index in [0.29, 0.717) is 0 Å². The first-order valence-corrected chi connectivity index (χ1v) is 7.97. The third-order valence-corrected chi connectivity index (χ3v) is 3.98. The van der Waals surface area contributed by atoms with Gasteiger partial charge in [0.25, 0.3) is 0 Å².